The maximum atomic E-state index is 12.0. The van der Waals surface area contributed by atoms with E-state index in [1.807, 2.05) is 0 Å². The van der Waals surface area contributed by atoms with E-state index in [1.54, 1.807) is 31.3 Å². The van der Waals surface area contributed by atoms with Crippen LogP contribution in [0.15, 0.2) is 24.4 Å². The van der Waals surface area contributed by atoms with Crippen LogP contribution in [0.25, 0.3) is 0 Å². The van der Waals surface area contributed by atoms with E-state index in [9.17, 15) is 14.4 Å². The highest BCUT2D eigenvalue weighted by Gasteiger charge is 2.25. The summed E-state index contributed by atoms with van der Waals surface area (Å²) in [6.07, 6.45) is 0.910. The van der Waals surface area contributed by atoms with Gasteiger partial charge in [0.05, 0.1) is 18.7 Å². The number of carboxylic acid groups (broad SMARTS) is 2. The molecule has 1 atom stereocenters. The summed E-state index contributed by atoms with van der Waals surface area (Å²) in [5.74, 6) is -2.69. The van der Waals surface area contributed by atoms with Crippen LogP contribution in [-0.4, -0.2) is 50.7 Å². The second-order valence-electron chi connectivity index (χ2n) is 4.27. The molecule has 0 aromatic carbocycles. The number of carbonyl (C=O) groups is 3. The number of nitrogens with one attached hydrogen (secondary N) is 1. The van der Waals surface area contributed by atoms with E-state index in [2.05, 4.69) is 10.3 Å². The van der Waals surface area contributed by atoms with Crippen LogP contribution >= 0.6 is 0 Å². The first-order chi connectivity index (χ1) is 9.93. The van der Waals surface area contributed by atoms with E-state index in [0.717, 1.165) is 0 Å². The van der Waals surface area contributed by atoms with Gasteiger partial charge < -0.3 is 20.4 Å². The van der Waals surface area contributed by atoms with Gasteiger partial charge in [-0.15, -0.1) is 0 Å². The van der Waals surface area contributed by atoms with Gasteiger partial charge in [-0.3, -0.25) is 9.78 Å². The van der Waals surface area contributed by atoms with Gasteiger partial charge in [-0.2, -0.15) is 0 Å². The van der Waals surface area contributed by atoms with Gasteiger partial charge in [0.1, 0.15) is 6.04 Å². The molecule has 8 nitrogen and oxygen atoms in total. The molecule has 1 heterocycles. The number of carboxylic acids is 2. The van der Waals surface area contributed by atoms with Crippen molar-refractivity contribution < 1.29 is 24.6 Å². The lowest BCUT2D eigenvalue weighted by atomic mass is 10.2. The number of hydrogen-bond donors (Lipinski definition) is 3. The van der Waals surface area contributed by atoms with Crippen LogP contribution in [0.2, 0.25) is 0 Å². The average molecular weight is 295 g/mol. The highest BCUT2D eigenvalue weighted by molar-refractivity contribution is 5.86. The minimum atomic E-state index is -1.47. The molecule has 1 rings (SSSR count). The molecule has 3 N–H and O–H groups in total. The van der Waals surface area contributed by atoms with Crippen LogP contribution in [0.4, 0.5) is 4.79 Å². The van der Waals surface area contributed by atoms with E-state index in [-0.39, 0.29) is 6.54 Å². The predicted octanol–water partition coefficient (Wildman–Crippen LogP) is 0.541. The van der Waals surface area contributed by atoms with Crippen LogP contribution in [0, 0.1) is 0 Å². The van der Waals surface area contributed by atoms with Gasteiger partial charge in [-0.25, -0.2) is 9.59 Å². The zero-order valence-corrected chi connectivity index (χ0v) is 11.5. The second kappa shape index (κ2) is 7.83. The zero-order chi connectivity index (χ0) is 15.8. The molecule has 21 heavy (non-hydrogen) atoms. The minimum Gasteiger partial charge on any atom is -0.481 e. The average Bonchev–Trinajstić information content (AvgIpc) is 2.44. The second-order valence-corrected chi connectivity index (χ2v) is 4.27. The van der Waals surface area contributed by atoms with Gasteiger partial charge in [0.15, 0.2) is 0 Å². The molecule has 1 aromatic rings. The first-order valence-corrected chi connectivity index (χ1v) is 6.34. The van der Waals surface area contributed by atoms with Crippen molar-refractivity contribution in [2.45, 2.75) is 25.9 Å². The molecule has 1 unspecified atom stereocenters. The monoisotopic (exact) mass is 295 g/mol. The summed E-state index contributed by atoms with van der Waals surface area (Å²) in [4.78, 5) is 39.0. The van der Waals surface area contributed by atoms with Crippen LogP contribution < -0.4 is 5.32 Å². The summed E-state index contributed by atoms with van der Waals surface area (Å²) in [6, 6.07) is 3.15. The molecule has 0 saturated carbocycles. The molecule has 2 amide bonds. The van der Waals surface area contributed by atoms with E-state index in [1.165, 1.54) is 4.90 Å². The lowest BCUT2D eigenvalue weighted by molar-refractivity contribution is -0.145. The molecule has 0 saturated heterocycles. The Kier molecular flexibility index (Phi) is 6.12. The van der Waals surface area contributed by atoms with E-state index in [0.29, 0.717) is 12.2 Å². The highest BCUT2D eigenvalue weighted by atomic mass is 16.4. The third-order valence-corrected chi connectivity index (χ3v) is 2.72. The van der Waals surface area contributed by atoms with Crippen molar-refractivity contribution in [3.8, 4) is 0 Å². The summed E-state index contributed by atoms with van der Waals surface area (Å²) in [5.41, 5.74) is 0.652. The summed E-state index contributed by atoms with van der Waals surface area (Å²) < 4.78 is 0. The number of rotatable bonds is 7. The number of pyridine rings is 1. The van der Waals surface area contributed by atoms with Crippen molar-refractivity contribution in [2.75, 3.05) is 6.54 Å². The molecule has 0 aliphatic rings. The third-order valence-electron chi connectivity index (χ3n) is 2.72. The van der Waals surface area contributed by atoms with E-state index >= 15 is 0 Å². The van der Waals surface area contributed by atoms with Crippen LogP contribution in [0.5, 0.6) is 0 Å². The Morgan fingerprint density at radius 2 is 2.05 bits per heavy atom. The fourth-order valence-electron chi connectivity index (χ4n) is 1.63. The fraction of sp³-hybridized carbons (Fsp3) is 0.385. The Hall–Kier alpha value is -2.64. The van der Waals surface area contributed by atoms with Crippen molar-refractivity contribution in [2.24, 2.45) is 0 Å². The van der Waals surface area contributed by atoms with Crippen molar-refractivity contribution >= 4 is 18.0 Å². The highest BCUT2D eigenvalue weighted by Crippen LogP contribution is 2.03. The quantitative estimate of drug-likeness (QED) is 0.675. The van der Waals surface area contributed by atoms with Crippen molar-refractivity contribution in [1.29, 1.82) is 0 Å². The van der Waals surface area contributed by atoms with Gasteiger partial charge in [0.2, 0.25) is 0 Å². The molecule has 114 valence electrons. The number of hydrogen-bond acceptors (Lipinski definition) is 4. The Balaban J connectivity index is 2.69. The Morgan fingerprint density at radius 3 is 2.52 bits per heavy atom. The standard InChI is InChI=1S/C13H17N3O5/c1-2-16(8-9-5-3-4-6-14-9)13(21)15-10(12(19)20)7-11(17)18/h3-6,10H,2,7-8H2,1H3,(H,15,21)(H,17,18)(H,19,20). The van der Waals surface area contributed by atoms with Crippen LogP contribution in [-0.2, 0) is 16.1 Å². The minimum absolute atomic E-state index is 0.211. The molecule has 0 radical (unpaired) electrons. The van der Waals surface area contributed by atoms with Crippen LogP contribution in [0.1, 0.15) is 19.0 Å². The predicted molar refractivity (Wildman–Crippen MR) is 72.5 cm³/mol. The maximum absolute atomic E-state index is 12.0. The van der Waals surface area contributed by atoms with Gasteiger partial charge >= 0.3 is 18.0 Å². The number of aliphatic carboxylic acids is 2. The summed E-state index contributed by atoms with van der Waals surface area (Å²) in [6.45, 7) is 2.28. The van der Waals surface area contributed by atoms with Gasteiger partial charge in [-0.1, -0.05) is 6.07 Å². The largest absolute Gasteiger partial charge is 0.481 e. The number of amides is 2. The summed E-state index contributed by atoms with van der Waals surface area (Å²) in [7, 11) is 0. The van der Waals surface area contributed by atoms with Gasteiger partial charge in [0, 0.05) is 12.7 Å². The molecule has 8 heteroatoms. The first-order valence-electron chi connectivity index (χ1n) is 6.34. The molecular weight excluding hydrogens is 278 g/mol. The van der Waals surface area contributed by atoms with Gasteiger partial charge in [0.25, 0.3) is 0 Å². The normalized spacial score (nSPS) is 11.5. The molecule has 0 bridgehead atoms. The topological polar surface area (TPSA) is 120 Å². The third kappa shape index (κ3) is 5.47. The Labute approximate surface area is 121 Å². The van der Waals surface area contributed by atoms with Crippen LogP contribution in [0.3, 0.4) is 0 Å². The van der Waals surface area contributed by atoms with Crippen molar-refractivity contribution in [1.82, 2.24) is 15.2 Å². The van der Waals surface area contributed by atoms with Crippen molar-refractivity contribution in [3.05, 3.63) is 30.1 Å². The summed E-state index contributed by atoms with van der Waals surface area (Å²) in [5, 5.41) is 19.7. The molecule has 0 fully saturated rings. The maximum Gasteiger partial charge on any atom is 0.326 e. The molecular formula is C13H17N3O5. The fourth-order valence-corrected chi connectivity index (χ4v) is 1.63. The smallest absolute Gasteiger partial charge is 0.326 e. The Morgan fingerprint density at radius 1 is 1.33 bits per heavy atom. The van der Waals surface area contributed by atoms with E-state index in [4.69, 9.17) is 10.2 Å². The molecule has 0 aliphatic heterocycles. The SMILES string of the molecule is CCN(Cc1ccccn1)C(=O)NC(CC(=O)O)C(=O)O. The summed E-state index contributed by atoms with van der Waals surface area (Å²) >= 11 is 0. The molecule has 0 aliphatic carbocycles. The zero-order valence-electron chi connectivity index (χ0n) is 11.5. The van der Waals surface area contributed by atoms with E-state index < -0.39 is 30.4 Å². The Bertz CT molecular complexity index is 506. The molecule has 1 aromatic heterocycles. The number of aromatic nitrogens is 1. The first kappa shape index (κ1) is 16.4. The number of urea groups is 1. The van der Waals surface area contributed by atoms with Crippen molar-refractivity contribution in [3.63, 3.8) is 0 Å². The number of carbonyl (C=O) groups excluding carboxylic acids is 1. The lowest BCUT2D eigenvalue weighted by Crippen LogP contribution is -2.48. The number of nitrogens with zero attached hydrogens (tertiary/aromatic N) is 2. The van der Waals surface area contributed by atoms with Gasteiger partial charge in [-0.05, 0) is 19.1 Å². The molecule has 0 spiro atoms. The lowest BCUT2D eigenvalue weighted by Gasteiger charge is -2.23.